The summed E-state index contributed by atoms with van der Waals surface area (Å²) in [7, 11) is 0. The van der Waals surface area contributed by atoms with Crippen LogP contribution in [0.3, 0.4) is 0 Å². The molecule has 44 heavy (non-hydrogen) atoms. The average molecular weight is 607 g/mol. The lowest BCUT2D eigenvalue weighted by molar-refractivity contribution is -0.171. The van der Waals surface area contributed by atoms with Crippen molar-refractivity contribution in [2.45, 2.75) is 71.4 Å². The van der Waals surface area contributed by atoms with E-state index in [9.17, 15) is 24.3 Å². The molecule has 0 spiro atoms. The van der Waals surface area contributed by atoms with Gasteiger partial charge in [0.25, 0.3) is 11.8 Å². The van der Waals surface area contributed by atoms with Gasteiger partial charge in [0.2, 0.25) is 5.60 Å². The first kappa shape index (κ1) is 32.4. The number of primary amides is 1. The Morgan fingerprint density at radius 1 is 0.977 bits per heavy atom. The molecule has 1 fully saturated rings. The number of aliphatic hydroxyl groups is 1. The third-order valence-corrected chi connectivity index (χ3v) is 6.74. The zero-order valence-electron chi connectivity index (χ0n) is 25.9. The largest absolute Gasteiger partial charge is 0.443 e. The number of benzene rings is 2. The van der Waals surface area contributed by atoms with E-state index in [1.165, 1.54) is 29.3 Å². The second-order valence-electron chi connectivity index (χ2n) is 12.6. The number of imide groups is 1. The van der Waals surface area contributed by atoms with Crippen molar-refractivity contribution in [2.24, 2.45) is 5.73 Å². The number of nitrogens with two attached hydrogens (primary N) is 1. The van der Waals surface area contributed by atoms with Gasteiger partial charge >= 0.3 is 12.2 Å². The van der Waals surface area contributed by atoms with Crippen LogP contribution in [0.2, 0.25) is 0 Å². The van der Waals surface area contributed by atoms with Gasteiger partial charge in [-0.1, -0.05) is 29.8 Å². The number of morpholine rings is 1. The number of carbonyl (C=O) groups excluding carboxylic acids is 4. The lowest BCUT2D eigenvalue weighted by Crippen LogP contribution is -2.61. The van der Waals surface area contributed by atoms with Crippen LogP contribution in [0.25, 0.3) is 10.8 Å². The Hall–Kier alpha value is -4.55. The molecule has 2 heterocycles. The Morgan fingerprint density at radius 2 is 1.57 bits per heavy atom. The van der Waals surface area contributed by atoms with Crippen LogP contribution in [0.15, 0.2) is 54.7 Å². The summed E-state index contributed by atoms with van der Waals surface area (Å²) in [5.41, 5.74) is 2.85. The number of amides is 4. The van der Waals surface area contributed by atoms with Crippen LogP contribution in [-0.4, -0.2) is 64.5 Å². The van der Waals surface area contributed by atoms with Crippen LogP contribution in [0, 0.1) is 6.92 Å². The van der Waals surface area contributed by atoms with E-state index >= 15 is 0 Å². The molecule has 1 aliphatic rings. The van der Waals surface area contributed by atoms with Crippen LogP contribution in [0.5, 0.6) is 0 Å². The monoisotopic (exact) mass is 606 g/mol. The molecule has 2 atom stereocenters. The number of nitrogens with zero attached hydrogens (tertiary/aromatic N) is 3. The molecule has 1 aliphatic heterocycles. The molecule has 1 saturated heterocycles. The summed E-state index contributed by atoms with van der Waals surface area (Å²) in [6.07, 6.45) is -2.33. The number of anilines is 2. The van der Waals surface area contributed by atoms with E-state index in [2.05, 4.69) is 4.98 Å². The number of hydrogen-bond donors (Lipinski definition) is 2. The molecule has 4 amide bonds. The highest BCUT2D eigenvalue weighted by atomic mass is 16.6. The molecule has 1 unspecified atom stereocenters. The van der Waals surface area contributed by atoms with Crippen molar-refractivity contribution in [2.75, 3.05) is 23.0 Å². The molecular weight excluding hydrogens is 568 g/mol. The molecule has 0 aliphatic carbocycles. The second-order valence-corrected chi connectivity index (χ2v) is 12.6. The van der Waals surface area contributed by atoms with Gasteiger partial charge in [-0.2, -0.15) is 4.90 Å². The molecule has 1 aromatic heterocycles. The standard InChI is InChI=1S/C32H38N4O8/c1-19-8-11-22(12-9-19)35-16-17-42-24(26(35)37)32(41,27(33)38)21-10-13-23-20(18-21)14-15-34-25(23)36(28(39)43-30(2,3)4)29(40)44-31(5,6)7/h8-15,18,24,41H,16-17H2,1-7H3,(H2,33,38)/t24-,32?/m0/s1. The third kappa shape index (κ3) is 6.66. The summed E-state index contributed by atoms with van der Waals surface area (Å²) < 4.78 is 16.6. The molecule has 0 saturated carbocycles. The zero-order chi connectivity index (χ0) is 32.6. The molecule has 3 N–H and O–H groups in total. The number of rotatable bonds is 5. The maximum Gasteiger partial charge on any atom is 0.425 e. The fourth-order valence-electron chi connectivity index (χ4n) is 4.73. The van der Waals surface area contributed by atoms with Crippen LogP contribution in [0.4, 0.5) is 21.1 Å². The van der Waals surface area contributed by atoms with Crippen LogP contribution >= 0.6 is 0 Å². The number of ether oxygens (including phenoxy) is 3. The normalized spacial score (nSPS) is 17.1. The van der Waals surface area contributed by atoms with Gasteiger partial charge in [0.1, 0.15) is 11.2 Å². The topological polar surface area (TPSA) is 162 Å². The van der Waals surface area contributed by atoms with Crippen molar-refractivity contribution >= 4 is 46.3 Å². The summed E-state index contributed by atoms with van der Waals surface area (Å²) in [6.45, 7) is 12.1. The van der Waals surface area contributed by atoms with E-state index in [1.54, 1.807) is 59.7 Å². The van der Waals surface area contributed by atoms with E-state index in [4.69, 9.17) is 19.9 Å². The number of fused-ring (bicyclic) bond motifs is 1. The van der Waals surface area contributed by atoms with Crippen LogP contribution in [-0.2, 0) is 29.4 Å². The summed E-state index contributed by atoms with van der Waals surface area (Å²) >= 11 is 0. The van der Waals surface area contributed by atoms with Gasteiger partial charge in [-0.3, -0.25) is 9.59 Å². The SMILES string of the molecule is Cc1ccc(N2CCO[C@H](C(O)(C(N)=O)c3ccc4c(N(C(=O)OC(C)(C)C)C(=O)OC(C)(C)C)nccc4c3)C2=O)cc1. The molecular formula is C32H38N4O8. The Labute approximate surface area is 255 Å². The first-order valence-corrected chi connectivity index (χ1v) is 14.1. The van der Waals surface area contributed by atoms with Gasteiger partial charge in [0.05, 0.1) is 6.61 Å². The summed E-state index contributed by atoms with van der Waals surface area (Å²) in [5, 5.41) is 12.5. The highest BCUT2D eigenvalue weighted by Gasteiger charge is 2.52. The average Bonchev–Trinajstić information content (AvgIpc) is 2.91. The van der Waals surface area contributed by atoms with E-state index in [0.29, 0.717) is 16.0 Å². The molecule has 12 nitrogen and oxygen atoms in total. The predicted octanol–water partition coefficient (Wildman–Crippen LogP) is 4.32. The van der Waals surface area contributed by atoms with E-state index < -0.39 is 46.9 Å². The number of carbonyl (C=O) groups is 4. The highest BCUT2D eigenvalue weighted by Crippen LogP contribution is 2.36. The van der Waals surface area contributed by atoms with E-state index in [1.807, 2.05) is 19.1 Å². The Morgan fingerprint density at radius 3 is 2.11 bits per heavy atom. The van der Waals surface area contributed by atoms with Crippen LogP contribution < -0.4 is 15.5 Å². The van der Waals surface area contributed by atoms with Crippen molar-refractivity contribution in [1.29, 1.82) is 0 Å². The number of aromatic nitrogens is 1. The van der Waals surface area contributed by atoms with Crippen molar-refractivity contribution in [1.82, 2.24) is 4.98 Å². The predicted molar refractivity (Wildman–Crippen MR) is 163 cm³/mol. The maximum absolute atomic E-state index is 13.6. The van der Waals surface area contributed by atoms with Crippen LogP contribution in [0.1, 0.15) is 52.7 Å². The quantitative estimate of drug-likeness (QED) is 0.431. The van der Waals surface area contributed by atoms with Crippen molar-refractivity contribution in [3.63, 3.8) is 0 Å². The molecule has 0 bridgehead atoms. The van der Waals surface area contributed by atoms with Gasteiger partial charge in [-0.25, -0.2) is 14.6 Å². The Bertz CT molecular complexity index is 1560. The first-order valence-electron chi connectivity index (χ1n) is 14.1. The minimum absolute atomic E-state index is 0.0279. The maximum atomic E-state index is 13.6. The zero-order valence-corrected chi connectivity index (χ0v) is 25.9. The van der Waals surface area contributed by atoms with Gasteiger partial charge in [-0.15, -0.1) is 0 Å². The van der Waals surface area contributed by atoms with Gasteiger partial charge in [-0.05, 0) is 83.7 Å². The Kier molecular flexibility index (Phi) is 8.72. The molecule has 12 heteroatoms. The molecule has 234 valence electrons. The minimum Gasteiger partial charge on any atom is -0.443 e. The van der Waals surface area contributed by atoms with Gasteiger partial charge in [0, 0.05) is 23.8 Å². The fourth-order valence-corrected chi connectivity index (χ4v) is 4.73. The summed E-state index contributed by atoms with van der Waals surface area (Å²) in [4.78, 5) is 59.4. The van der Waals surface area contributed by atoms with Crippen molar-refractivity contribution < 1.29 is 38.5 Å². The molecule has 3 aromatic rings. The third-order valence-electron chi connectivity index (χ3n) is 6.74. The minimum atomic E-state index is -2.56. The molecule has 0 radical (unpaired) electrons. The summed E-state index contributed by atoms with van der Waals surface area (Å²) in [6, 6.07) is 13.0. The lowest BCUT2D eigenvalue weighted by Gasteiger charge is -2.39. The smallest absolute Gasteiger partial charge is 0.425 e. The van der Waals surface area contributed by atoms with E-state index in [-0.39, 0.29) is 29.9 Å². The first-order chi connectivity index (χ1) is 20.4. The number of pyridine rings is 1. The van der Waals surface area contributed by atoms with Gasteiger partial charge in [0.15, 0.2) is 11.9 Å². The van der Waals surface area contributed by atoms with Crippen molar-refractivity contribution in [3.05, 3.63) is 65.9 Å². The molecule has 4 rings (SSSR count). The lowest BCUT2D eigenvalue weighted by atomic mass is 9.84. The van der Waals surface area contributed by atoms with Gasteiger partial charge < -0.3 is 30.0 Å². The summed E-state index contributed by atoms with van der Waals surface area (Å²) in [5.74, 6) is -1.94. The second kappa shape index (κ2) is 11.9. The number of aryl methyl sites for hydroxylation is 1. The number of hydrogen-bond acceptors (Lipinski definition) is 9. The fraction of sp³-hybridized carbons (Fsp3) is 0.406. The van der Waals surface area contributed by atoms with E-state index in [0.717, 1.165) is 5.56 Å². The molecule has 2 aromatic carbocycles. The van der Waals surface area contributed by atoms with Crippen molar-refractivity contribution in [3.8, 4) is 0 Å². The Balaban J connectivity index is 1.79. The highest BCUT2D eigenvalue weighted by molar-refractivity contribution is 6.14.